The second kappa shape index (κ2) is 8.14. The number of carbonyl (C=O) groups is 1. The summed E-state index contributed by atoms with van der Waals surface area (Å²) in [6.07, 6.45) is 0.822. The van der Waals surface area contributed by atoms with Crippen LogP contribution in [0.5, 0.6) is 5.75 Å². The number of nitrogens with two attached hydrogens (primary N) is 1. The highest BCUT2D eigenvalue weighted by Gasteiger charge is 2.34. The standard InChI is InChI=1S/C19H20ClFN2O2.ClH/c1-11-7-13(12-3-5-14(21)6-4-12)10-23(11)19(24)15-8-16(20)17(22)9-18(15)25-2;/h3-6,8-9,11,13H,7,10,22H2,1-2H3;1H. The molecular formula is C19H21Cl2FN2O2. The molecule has 0 radical (unpaired) electrons. The third-order valence-corrected chi connectivity index (χ3v) is 5.05. The zero-order chi connectivity index (χ0) is 18.1. The first-order valence-electron chi connectivity index (χ1n) is 8.10. The summed E-state index contributed by atoms with van der Waals surface area (Å²) < 4.78 is 18.4. The van der Waals surface area contributed by atoms with Gasteiger partial charge in [0.25, 0.3) is 5.91 Å². The molecule has 1 amide bonds. The van der Waals surface area contributed by atoms with Crippen molar-refractivity contribution in [1.29, 1.82) is 0 Å². The number of methoxy groups -OCH3 is 1. The minimum absolute atomic E-state index is 0. The topological polar surface area (TPSA) is 55.6 Å². The van der Waals surface area contributed by atoms with Crippen molar-refractivity contribution in [2.75, 3.05) is 19.4 Å². The summed E-state index contributed by atoms with van der Waals surface area (Å²) in [4.78, 5) is 14.8. The first-order valence-corrected chi connectivity index (χ1v) is 8.48. The molecule has 0 saturated carbocycles. The van der Waals surface area contributed by atoms with Crippen LogP contribution >= 0.6 is 24.0 Å². The van der Waals surface area contributed by atoms with E-state index in [1.165, 1.54) is 19.2 Å². The van der Waals surface area contributed by atoms with Gasteiger partial charge < -0.3 is 15.4 Å². The molecule has 0 aromatic heterocycles. The Labute approximate surface area is 163 Å². The molecule has 7 heteroatoms. The van der Waals surface area contributed by atoms with E-state index in [0.717, 1.165) is 12.0 Å². The quantitative estimate of drug-likeness (QED) is 0.773. The molecule has 1 aliphatic heterocycles. The van der Waals surface area contributed by atoms with Crippen LogP contribution < -0.4 is 10.5 Å². The van der Waals surface area contributed by atoms with Gasteiger partial charge in [0.15, 0.2) is 0 Å². The number of ether oxygens (including phenoxy) is 1. The van der Waals surface area contributed by atoms with Gasteiger partial charge in [-0.15, -0.1) is 12.4 Å². The van der Waals surface area contributed by atoms with E-state index >= 15 is 0 Å². The number of likely N-dealkylation sites (tertiary alicyclic amines) is 1. The average molecular weight is 399 g/mol. The lowest BCUT2D eigenvalue weighted by Crippen LogP contribution is -2.34. The molecule has 2 unspecified atom stereocenters. The van der Waals surface area contributed by atoms with Gasteiger partial charge in [-0.1, -0.05) is 23.7 Å². The number of nitrogen functional groups attached to an aromatic ring is 1. The third-order valence-electron chi connectivity index (χ3n) is 4.73. The molecule has 1 heterocycles. The van der Waals surface area contributed by atoms with Crippen molar-refractivity contribution in [3.05, 3.63) is 58.4 Å². The number of anilines is 1. The van der Waals surface area contributed by atoms with Crippen molar-refractivity contribution in [2.24, 2.45) is 0 Å². The molecule has 26 heavy (non-hydrogen) atoms. The highest BCUT2D eigenvalue weighted by Crippen LogP contribution is 2.35. The summed E-state index contributed by atoms with van der Waals surface area (Å²) in [5.41, 5.74) is 7.59. The van der Waals surface area contributed by atoms with Gasteiger partial charge in [0.2, 0.25) is 0 Å². The summed E-state index contributed by atoms with van der Waals surface area (Å²) in [5.74, 6) is 0.180. The van der Waals surface area contributed by atoms with E-state index in [1.807, 2.05) is 6.92 Å². The Bertz CT molecular complexity index is 799. The van der Waals surface area contributed by atoms with Gasteiger partial charge in [-0.2, -0.15) is 0 Å². The van der Waals surface area contributed by atoms with Crippen molar-refractivity contribution in [2.45, 2.75) is 25.3 Å². The maximum Gasteiger partial charge on any atom is 0.257 e. The molecular weight excluding hydrogens is 378 g/mol. The minimum atomic E-state index is -0.260. The highest BCUT2D eigenvalue weighted by atomic mass is 35.5. The van der Waals surface area contributed by atoms with Crippen LogP contribution in [0.4, 0.5) is 10.1 Å². The number of nitrogens with zero attached hydrogens (tertiary/aromatic N) is 1. The predicted molar refractivity (Wildman–Crippen MR) is 104 cm³/mol. The van der Waals surface area contributed by atoms with Crippen molar-refractivity contribution in [3.63, 3.8) is 0 Å². The monoisotopic (exact) mass is 398 g/mol. The summed E-state index contributed by atoms with van der Waals surface area (Å²) in [6.45, 7) is 2.57. The van der Waals surface area contributed by atoms with Crippen LogP contribution in [0.1, 0.15) is 35.2 Å². The van der Waals surface area contributed by atoms with Crippen LogP contribution in [0.3, 0.4) is 0 Å². The normalized spacial score (nSPS) is 19.2. The van der Waals surface area contributed by atoms with E-state index in [1.54, 1.807) is 29.2 Å². The number of hydrogen-bond donors (Lipinski definition) is 1. The molecule has 1 aliphatic rings. The maximum absolute atomic E-state index is 13.1. The fraction of sp³-hybridized carbons (Fsp3) is 0.316. The molecule has 2 aromatic rings. The second-order valence-electron chi connectivity index (χ2n) is 6.36. The summed E-state index contributed by atoms with van der Waals surface area (Å²) in [5, 5.41) is 0.325. The van der Waals surface area contributed by atoms with Gasteiger partial charge in [-0.3, -0.25) is 4.79 Å². The Morgan fingerprint density at radius 1 is 1.31 bits per heavy atom. The van der Waals surface area contributed by atoms with Crippen LogP contribution in [0, 0.1) is 5.82 Å². The molecule has 0 bridgehead atoms. The van der Waals surface area contributed by atoms with Crippen LogP contribution in [-0.2, 0) is 0 Å². The van der Waals surface area contributed by atoms with Crippen molar-refractivity contribution >= 4 is 35.6 Å². The van der Waals surface area contributed by atoms with Gasteiger partial charge in [0.1, 0.15) is 11.6 Å². The molecule has 140 valence electrons. The van der Waals surface area contributed by atoms with Crippen molar-refractivity contribution < 1.29 is 13.9 Å². The van der Waals surface area contributed by atoms with E-state index in [4.69, 9.17) is 22.1 Å². The lowest BCUT2D eigenvalue weighted by molar-refractivity contribution is 0.0742. The zero-order valence-corrected chi connectivity index (χ0v) is 16.1. The number of halogens is 3. The molecule has 0 aliphatic carbocycles. The summed E-state index contributed by atoms with van der Waals surface area (Å²) in [6, 6.07) is 9.64. The molecule has 4 nitrogen and oxygen atoms in total. The fourth-order valence-corrected chi connectivity index (χ4v) is 3.51. The van der Waals surface area contributed by atoms with Gasteiger partial charge in [0.05, 0.1) is 23.4 Å². The van der Waals surface area contributed by atoms with E-state index < -0.39 is 0 Å². The Morgan fingerprint density at radius 3 is 2.58 bits per heavy atom. The van der Waals surface area contributed by atoms with Crippen LogP contribution in [0.25, 0.3) is 0 Å². The summed E-state index contributed by atoms with van der Waals surface area (Å²) in [7, 11) is 1.49. The Balaban J connectivity index is 0.00000243. The largest absolute Gasteiger partial charge is 0.496 e. The highest BCUT2D eigenvalue weighted by molar-refractivity contribution is 6.33. The molecule has 3 rings (SSSR count). The number of carbonyl (C=O) groups excluding carboxylic acids is 1. The molecule has 0 spiro atoms. The van der Waals surface area contributed by atoms with E-state index in [0.29, 0.717) is 28.6 Å². The van der Waals surface area contributed by atoms with Crippen molar-refractivity contribution in [1.82, 2.24) is 4.90 Å². The van der Waals surface area contributed by atoms with Gasteiger partial charge in [-0.25, -0.2) is 4.39 Å². The average Bonchev–Trinajstić information content (AvgIpc) is 2.98. The smallest absolute Gasteiger partial charge is 0.257 e. The maximum atomic E-state index is 13.1. The predicted octanol–water partition coefficient (Wildman–Crippen LogP) is 4.51. The van der Waals surface area contributed by atoms with Crippen molar-refractivity contribution in [3.8, 4) is 5.75 Å². The SMILES string of the molecule is COc1cc(N)c(Cl)cc1C(=O)N1CC(c2ccc(F)cc2)CC1C.Cl. The van der Waals surface area contributed by atoms with Gasteiger partial charge >= 0.3 is 0 Å². The van der Waals surface area contributed by atoms with Crippen LogP contribution in [0.2, 0.25) is 5.02 Å². The first-order chi connectivity index (χ1) is 11.9. The minimum Gasteiger partial charge on any atom is -0.496 e. The Hall–Kier alpha value is -1.98. The first kappa shape index (κ1) is 20.3. The molecule has 2 aromatic carbocycles. The number of rotatable bonds is 3. The van der Waals surface area contributed by atoms with Crippen LogP contribution in [0.15, 0.2) is 36.4 Å². The number of hydrogen-bond acceptors (Lipinski definition) is 3. The van der Waals surface area contributed by atoms with Gasteiger partial charge in [-0.05, 0) is 37.1 Å². The molecule has 1 saturated heterocycles. The van der Waals surface area contributed by atoms with Gasteiger partial charge in [0, 0.05) is 24.6 Å². The lowest BCUT2D eigenvalue weighted by atomic mass is 9.97. The molecule has 1 fully saturated rings. The summed E-state index contributed by atoms with van der Waals surface area (Å²) >= 11 is 6.08. The van der Waals surface area contributed by atoms with E-state index in [2.05, 4.69) is 0 Å². The van der Waals surface area contributed by atoms with E-state index in [-0.39, 0.29) is 36.1 Å². The number of benzene rings is 2. The Kier molecular flexibility index (Phi) is 6.37. The lowest BCUT2D eigenvalue weighted by Gasteiger charge is -2.23. The molecule has 2 atom stereocenters. The molecule has 2 N–H and O–H groups in total. The van der Waals surface area contributed by atoms with Crippen LogP contribution in [-0.4, -0.2) is 30.5 Å². The zero-order valence-electron chi connectivity index (χ0n) is 14.5. The third kappa shape index (κ3) is 3.89. The van der Waals surface area contributed by atoms with E-state index in [9.17, 15) is 9.18 Å². The fourth-order valence-electron chi connectivity index (χ4n) is 3.35. The Morgan fingerprint density at radius 2 is 1.96 bits per heavy atom. The second-order valence-corrected chi connectivity index (χ2v) is 6.77. The number of amides is 1.